The van der Waals surface area contributed by atoms with E-state index in [1.807, 2.05) is 31.2 Å². The van der Waals surface area contributed by atoms with E-state index < -0.39 is 8.32 Å². The minimum absolute atomic E-state index is 0.119. The van der Waals surface area contributed by atoms with E-state index in [-0.39, 0.29) is 34.6 Å². The lowest BCUT2D eigenvalue weighted by molar-refractivity contribution is 0.0915. The fourth-order valence-corrected chi connectivity index (χ4v) is 5.48. The Morgan fingerprint density at radius 3 is 2.51 bits per heavy atom. The number of benzene rings is 1. The molecule has 4 atom stereocenters. The maximum atomic E-state index is 13.2. The van der Waals surface area contributed by atoms with Crippen LogP contribution in [0, 0.1) is 11.8 Å². The first kappa shape index (κ1) is 27.3. The molecule has 9 nitrogen and oxygen atoms in total. The van der Waals surface area contributed by atoms with Gasteiger partial charge in [-0.25, -0.2) is 0 Å². The second-order valence-electron chi connectivity index (χ2n) is 11.5. The van der Waals surface area contributed by atoms with Crippen molar-refractivity contribution < 1.29 is 23.5 Å². The summed E-state index contributed by atoms with van der Waals surface area (Å²) in [7, 11) is -0.280. The largest absolute Gasteiger partial charge is 0.491 e. The molecule has 1 saturated heterocycles. The lowest BCUT2D eigenvalue weighted by Gasteiger charge is -2.36. The number of fused-ring (bicyclic) bond motifs is 1. The molecular formula is C27H40N4O5Si. The predicted molar refractivity (Wildman–Crippen MR) is 144 cm³/mol. The number of carbonyl (C=O) groups excluding carboxylic acids is 2. The number of nitrogens with zero attached hydrogens (tertiary/aromatic N) is 2. The summed E-state index contributed by atoms with van der Waals surface area (Å²) in [6.45, 7) is 15.4. The number of hydrogen-bond donors (Lipinski definition) is 2. The van der Waals surface area contributed by atoms with E-state index in [1.165, 1.54) is 0 Å². The van der Waals surface area contributed by atoms with E-state index in [4.69, 9.17) is 13.9 Å². The fourth-order valence-electron chi connectivity index (χ4n) is 4.46. The van der Waals surface area contributed by atoms with Crippen LogP contribution in [0.3, 0.4) is 0 Å². The van der Waals surface area contributed by atoms with Crippen LogP contribution in [0.4, 0.5) is 0 Å². The van der Waals surface area contributed by atoms with Gasteiger partial charge in [0.15, 0.2) is 14.0 Å². The smallest absolute Gasteiger partial charge is 0.271 e. The summed E-state index contributed by atoms with van der Waals surface area (Å²) in [5.74, 6) is 0.912. The zero-order valence-corrected chi connectivity index (χ0v) is 24.0. The van der Waals surface area contributed by atoms with E-state index >= 15 is 0 Å². The van der Waals surface area contributed by atoms with Crippen LogP contribution in [-0.2, 0) is 9.16 Å². The van der Waals surface area contributed by atoms with E-state index in [0.717, 1.165) is 11.3 Å². The molecule has 37 heavy (non-hydrogen) atoms. The van der Waals surface area contributed by atoms with Crippen LogP contribution in [0.1, 0.15) is 60.3 Å². The van der Waals surface area contributed by atoms with Gasteiger partial charge in [-0.05, 0) is 42.8 Å². The van der Waals surface area contributed by atoms with Crippen LogP contribution < -0.4 is 15.4 Å². The Morgan fingerprint density at radius 2 is 1.86 bits per heavy atom. The summed E-state index contributed by atoms with van der Waals surface area (Å²) in [5, 5.41) is 10.3. The van der Waals surface area contributed by atoms with Crippen LogP contribution in [0.2, 0.25) is 18.1 Å². The van der Waals surface area contributed by atoms with E-state index in [9.17, 15) is 9.59 Å². The average Bonchev–Trinajstić information content (AvgIpc) is 3.23. The molecule has 2 unspecified atom stereocenters. The van der Waals surface area contributed by atoms with Gasteiger partial charge in [0, 0.05) is 31.0 Å². The van der Waals surface area contributed by atoms with Crippen molar-refractivity contribution >= 4 is 20.1 Å². The molecule has 1 aromatic heterocycles. The molecule has 2 amide bonds. The predicted octanol–water partition coefficient (Wildman–Crippen LogP) is 3.63. The highest BCUT2D eigenvalue weighted by Gasteiger charge is 2.55. The summed E-state index contributed by atoms with van der Waals surface area (Å²) in [4.78, 5) is 25.5. The van der Waals surface area contributed by atoms with E-state index in [2.05, 4.69) is 49.6 Å². The Balaban J connectivity index is 1.46. The SMILES string of the molecule is CNC(=O)c1cc(C(=O)NC2[C@H]3COC[C@@H]23)n(C(C)c2cccc(OCCO[Si](C)(C)C(C)(C)C)c2)n1. The van der Waals surface area contributed by atoms with Gasteiger partial charge in [-0.2, -0.15) is 5.10 Å². The van der Waals surface area contributed by atoms with Gasteiger partial charge in [-0.15, -0.1) is 0 Å². The first-order valence-electron chi connectivity index (χ1n) is 13.0. The standard InChI is InChI=1S/C27H40N4O5Si/c1-17(18-9-8-10-19(13-18)35-11-12-36-37(6,7)27(2,3)4)31-23(14-22(30-31)25(32)28-5)26(33)29-24-20-15-34-16-21(20)24/h8-10,13-14,17,20-21,24H,11-12,15-16H2,1-7H3,(H,28,32)(H,29,33)/t17?,20-,21+,24?. The van der Waals surface area contributed by atoms with Gasteiger partial charge in [0.2, 0.25) is 0 Å². The van der Waals surface area contributed by atoms with Crippen molar-refractivity contribution in [2.75, 3.05) is 33.5 Å². The second-order valence-corrected chi connectivity index (χ2v) is 16.3. The monoisotopic (exact) mass is 528 g/mol. The number of carbonyl (C=O) groups is 2. The molecule has 0 bridgehead atoms. The highest BCUT2D eigenvalue weighted by atomic mass is 28.4. The summed E-state index contributed by atoms with van der Waals surface area (Å²) in [6.07, 6.45) is 0. The summed E-state index contributed by atoms with van der Waals surface area (Å²) in [6, 6.07) is 9.12. The first-order chi connectivity index (χ1) is 17.4. The van der Waals surface area contributed by atoms with Gasteiger partial charge in [0.05, 0.1) is 25.9 Å². The first-order valence-corrected chi connectivity index (χ1v) is 15.9. The third-order valence-corrected chi connectivity index (χ3v) is 12.5. The second kappa shape index (κ2) is 10.6. The maximum Gasteiger partial charge on any atom is 0.271 e. The molecule has 2 N–H and O–H groups in total. The van der Waals surface area contributed by atoms with Gasteiger partial charge in [0.25, 0.3) is 11.8 Å². The molecule has 0 spiro atoms. The Labute approximate surface area is 220 Å². The van der Waals surface area contributed by atoms with E-state index in [0.29, 0.717) is 44.0 Å². The summed E-state index contributed by atoms with van der Waals surface area (Å²) < 4.78 is 19.3. The minimum atomic E-state index is -1.83. The topological polar surface area (TPSA) is 104 Å². The number of rotatable bonds is 10. The number of nitrogens with one attached hydrogen (secondary N) is 2. The molecule has 1 aliphatic heterocycles. The van der Waals surface area contributed by atoms with Crippen molar-refractivity contribution in [2.24, 2.45) is 11.8 Å². The minimum Gasteiger partial charge on any atom is -0.491 e. The molecule has 10 heteroatoms. The summed E-state index contributed by atoms with van der Waals surface area (Å²) >= 11 is 0. The third-order valence-electron chi connectivity index (χ3n) is 8.01. The number of aromatic nitrogens is 2. The van der Waals surface area contributed by atoms with Gasteiger partial charge >= 0.3 is 0 Å². The lowest BCUT2D eigenvalue weighted by atomic mass is 10.1. The average molecular weight is 529 g/mol. The van der Waals surface area contributed by atoms with Crippen molar-refractivity contribution in [3.63, 3.8) is 0 Å². The molecule has 2 heterocycles. The van der Waals surface area contributed by atoms with Crippen molar-refractivity contribution in [3.05, 3.63) is 47.3 Å². The summed E-state index contributed by atoms with van der Waals surface area (Å²) in [5.41, 5.74) is 1.47. The lowest BCUT2D eigenvalue weighted by Crippen LogP contribution is -2.41. The zero-order valence-electron chi connectivity index (χ0n) is 23.0. The van der Waals surface area contributed by atoms with Crippen molar-refractivity contribution in [2.45, 2.75) is 57.9 Å². The maximum absolute atomic E-state index is 13.2. The van der Waals surface area contributed by atoms with E-state index in [1.54, 1.807) is 17.8 Å². The fraction of sp³-hybridized carbons (Fsp3) is 0.593. The molecule has 2 fully saturated rings. The van der Waals surface area contributed by atoms with Gasteiger partial charge in [0.1, 0.15) is 18.1 Å². The van der Waals surface area contributed by atoms with Crippen LogP contribution in [0.25, 0.3) is 0 Å². The molecule has 2 aliphatic rings. The Bertz CT molecular complexity index is 1130. The van der Waals surface area contributed by atoms with Crippen molar-refractivity contribution in [3.8, 4) is 5.75 Å². The molecular weight excluding hydrogens is 488 g/mol. The normalized spacial score (nSPS) is 21.8. The molecule has 0 radical (unpaired) electrons. The van der Waals surface area contributed by atoms with Gasteiger partial charge < -0.3 is 24.5 Å². The Morgan fingerprint density at radius 1 is 1.16 bits per heavy atom. The van der Waals surface area contributed by atoms with Crippen LogP contribution in [-0.4, -0.2) is 69.4 Å². The van der Waals surface area contributed by atoms with Crippen LogP contribution in [0.5, 0.6) is 5.75 Å². The molecule has 1 aliphatic carbocycles. The highest BCUT2D eigenvalue weighted by molar-refractivity contribution is 6.74. The quantitative estimate of drug-likeness (QED) is 0.361. The molecule has 202 valence electrons. The molecule has 2 aromatic rings. The molecule has 4 rings (SSSR count). The Hall–Kier alpha value is -2.69. The van der Waals surface area contributed by atoms with Crippen molar-refractivity contribution in [1.82, 2.24) is 20.4 Å². The number of hydrogen-bond acceptors (Lipinski definition) is 6. The van der Waals surface area contributed by atoms with Crippen molar-refractivity contribution in [1.29, 1.82) is 0 Å². The van der Waals surface area contributed by atoms with Gasteiger partial charge in [-0.3, -0.25) is 14.3 Å². The van der Waals surface area contributed by atoms with Crippen LogP contribution >= 0.6 is 0 Å². The molecule has 1 saturated carbocycles. The highest BCUT2D eigenvalue weighted by Crippen LogP contribution is 2.44. The Kier molecular flexibility index (Phi) is 7.82. The van der Waals surface area contributed by atoms with Gasteiger partial charge in [-0.1, -0.05) is 32.9 Å². The third kappa shape index (κ3) is 5.91. The zero-order chi connectivity index (χ0) is 27.0. The molecule has 1 aromatic carbocycles. The van der Waals surface area contributed by atoms with Crippen LogP contribution in [0.15, 0.2) is 30.3 Å². The number of amides is 2. The number of ether oxygens (including phenoxy) is 2.